The number of hydrogen-bond acceptors (Lipinski definition) is 2. The average molecular weight is 881 g/mol. The van der Waals surface area contributed by atoms with Crippen LogP contribution in [0.2, 0.25) is 0 Å². The molecular formula is C66H44N2O. The van der Waals surface area contributed by atoms with Crippen LogP contribution < -0.4 is 4.90 Å². The van der Waals surface area contributed by atoms with E-state index in [1.807, 2.05) is 12.1 Å². The molecule has 3 nitrogen and oxygen atoms in total. The quantitative estimate of drug-likeness (QED) is 0.144. The van der Waals surface area contributed by atoms with E-state index in [0.717, 1.165) is 61.4 Å². The van der Waals surface area contributed by atoms with Crippen LogP contribution in [0.25, 0.3) is 105 Å². The van der Waals surface area contributed by atoms with Gasteiger partial charge in [-0.25, -0.2) is 0 Å². The van der Waals surface area contributed by atoms with E-state index < -0.39 is 0 Å². The van der Waals surface area contributed by atoms with Gasteiger partial charge in [0.05, 0.1) is 16.7 Å². The third-order valence-corrected chi connectivity index (χ3v) is 13.7. The molecule has 0 saturated carbocycles. The predicted molar refractivity (Wildman–Crippen MR) is 290 cm³/mol. The molecule has 0 radical (unpaired) electrons. The Balaban J connectivity index is 0.884. The van der Waals surface area contributed by atoms with Crippen molar-refractivity contribution in [3.8, 4) is 61.3 Å². The summed E-state index contributed by atoms with van der Waals surface area (Å²) in [4.78, 5) is 2.35. The molecule has 13 aromatic rings. The van der Waals surface area contributed by atoms with E-state index in [1.54, 1.807) is 0 Å². The summed E-state index contributed by atoms with van der Waals surface area (Å²) >= 11 is 0. The fourth-order valence-corrected chi connectivity index (χ4v) is 10.3. The molecule has 69 heavy (non-hydrogen) atoms. The zero-order chi connectivity index (χ0) is 45.7. The fraction of sp³-hybridized carbons (Fsp3) is 0. The number of nitrogens with zero attached hydrogens (tertiary/aromatic N) is 2. The van der Waals surface area contributed by atoms with Gasteiger partial charge in [0.1, 0.15) is 11.2 Å². The third kappa shape index (κ3) is 7.08. The van der Waals surface area contributed by atoms with E-state index in [0.29, 0.717) is 0 Å². The van der Waals surface area contributed by atoms with E-state index in [4.69, 9.17) is 4.42 Å². The number of aromatic nitrogens is 1. The zero-order valence-corrected chi connectivity index (χ0v) is 37.7. The Labute approximate surface area is 401 Å². The molecule has 0 saturated heterocycles. The van der Waals surface area contributed by atoms with Crippen LogP contribution in [0.1, 0.15) is 0 Å². The highest BCUT2D eigenvalue weighted by Crippen LogP contribution is 2.43. The molecule has 324 valence electrons. The van der Waals surface area contributed by atoms with Crippen LogP contribution in [0.15, 0.2) is 271 Å². The van der Waals surface area contributed by atoms with Crippen molar-refractivity contribution in [3.05, 3.63) is 267 Å². The van der Waals surface area contributed by atoms with Gasteiger partial charge < -0.3 is 13.9 Å². The maximum absolute atomic E-state index is 6.46. The summed E-state index contributed by atoms with van der Waals surface area (Å²) in [5.41, 5.74) is 20.2. The van der Waals surface area contributed by atoms with Crippen LogP contribution >= 0.6 is 0 Å². The van der Waals surface area contributed by atoms with Gasteiger partial charge >= 0.3 is 0 Å². The topological polar surface area (TPSA) is 21.3 Å². The van der Waals surface area contributed by atoms with Gasteiger partial charge in [-0.2, -0.15) is 0 Å². The highest BCUT2D eigenvalue weighted by molar-refractivity contribution is 6.11. The first-order chi connectivity index (χ1) is 34.2. The number of para-hydroxylation sites is 5. The monoisotopic (exact) mass is 880 g/mol. The Morgan fingerprint density at radius 1 is 0.261 bits per heavy atom. The predicted octanol–water partition coefficient (Wildman–Crippen LogP) is 18.5. The lowest BCUT2D eigenvalue weighted by atomic mass is 9.93. The second-order valence-corrected chi connectivity index (χ2v) is 17.6. The van der Waals surface area contributed by atoms with Crippen molar-refractivity contribution < 1.29 is 4.42 Å². The summed E-state index contributed by atoms with van der Waals surface area (Å²) in [6, 6.07) is 96.0. The van der Waals surface area contributed by atoms with E-state index in [-0.39, 0.29) is 0 Å². The zero-order valence-electron chi connectivity index (χ0n) is 37.7. The molecule has 11 aromatic carbocycles. The Hall–Kier alpha value is -9.18. The first-order valence-corrected chi connectivity index (χ1v) is 23.6. The molecule has 0 aliphatic heterocycles. The van der Waals surface area contributed by atoms with Crippen molar-refractivity contribution in [2.45, 2.75) is 0 Å². The van der Waals surface area contributed by atoms with Crippen molar-refractivity contribution in [1.82, 2.24) is 4.57 Å². The van der Waals surface area contributed by atoms with Crippen LogP contribution in [-0.2, 0) is 0 Å². The van der Waals surface area contributed by atoms with Gasteiger partial charge in [0, 0.05) is 49.7 Å². The normalized spacial score (nSPS) is 11.5. The molecule has 0 atom stereocenters. The van der Waals surface area contributed by atoms with Gasteiger partial charge in [-0.05, 0) is 105 Å². The lowest BCUT2D eigenvalue weighted by Gasteiger charge is -2.26. The van der Waals surface area contributed by atoms with Gasteiger partial charge in [-0.15, -0.1) is 0 Å². The number of furan rings is 1. The Bertz CT molecular complexity index is 3920. The van der Waals surface area contributed by atoms with E-state index in [2.05, 4.69) is 264 Å². The molecule has 0 unspecified atom stereocenters. The van der Waals surface area contributed by atoms with Crippen molar-refractivity contribution >= 4 is 60.8 Å². The van der Waals surface area contributed by atoms with Gasteiger partial charge in [0.15, 0.2) is 0 Å². The molecule has 0 bridgehead atoms. The molecule has 2 aromatic heterocycles. The number of fused-ring (bicyclic) bond motifs is 6. The standard InChI is InChI=1S/C66H44N2O/c1-2-15-45(16-3-1)46-29-31-47(32-30-46)48-33-39-51(40-34-48)67(53-43-37-50(38-44-53)55-23-14-24-61-60-22-9-13-28-65(60)69-66(55)61)52-41-35-49(36-42-52)54-17-4-5-18-56(54)57-19-6-10-25-62(57)68-63-26-11-7-20-58(63)59-21-8-12-27-64(59)68/h1-44H. The maximum atomic E-state index is 6.46. The summed E-state index contributed by atoms with van der Waals surface area (Å²) in [7, 11) is 0. The average Bonchev–Trinajstić information content (AvgIpc) is 3.98. The van der Waals surface area contributed by atoms with Gasteiger partial charge in [0.25, 0.3) is 0 Å². The minimum absolute atomic E-state index is 0.900. The Morgan fingerprint density at radius 2 is 0.667 bits per heavy atom. The van der Waals surface area contributed by atoms with Crippen molar-refractivity contribution in [3.63, 3.8) is 0 Å². The highest BCUT2D eigenvalue weighted by atomic mass is 16.3. The molecule has 0 amide bonds. The third-order valence-electron chi connectivity index (χ3n) is 13.7. The second-order valence-electron chi connectivity index (χ2n) is 17.6. The summed E-state index contributed by atoms with van der Waals surface area (Å²) in [6.07, 6.45) is 0. The van der Waals surface area contributed by atoms with Crippen LogP contribution in [0.3, 0.4) is 0 Å². The Morgan fingerprint density at radius 3 is 1.28 bits per heavy atom. The molecule has 0 aliphatic carbocycles. The minimum atomic E-state index is 0.900. The first kappa shape index (κ1) is 40.1. The second kappa shape index (κ2) is 16.9. The van der Waals surface area contributed by atoms with E-state index in [9.17, 15) is 0 Å². The SMILES string of the molecule is c1ccc(-c2ccc(-c3ccc(N(c4ccc(-c5ccccc5-c5ccccc5-n5c6ccccc6c6ccccc65)cc4)c4ccc(-c5cccc6c5oc5ccccc56)cc4)cc3)cc2)cc1. The molecule has 0 spiro atoms. The van der Waals surface area contributed by atoms with Crippen LogP contribution in [0.4, 0.5) is 17.1 Å². The van der Waals surface area contributed by atoms with Gasteiger partial charge in [-0.1, -0.05) is 206 Å². The van der Waals surface area contributed by atoms with E-state index in [1.165, 1.54) is 60.8 Å². The molecule has 3 heteroatoms. The van der Waals surface area contributed by atoms with Crippen molar-refractivity contribution in [2.24, 2.45) is 0 Å². The van der Waals surface area contributed by atoms with Crippen molar-refractivity contribution in [1.29, 1.82) is 0 Å². The smallest absolute Gasteiger partial charge is 0.143 e. The van der Waals surface area contributed by atoms with Gasteiger partial charge in [-0.3, -0.25) is 0 Å². The molecule has 13 rings (SSSR count). The first-order valence-electron chi connectivity index (χ1n) is 23.6. The van der Waals surface area contributed by atoms with E-state index >= 15 is 0 Å². The number of rotatable bonds is 9. The number of benzene rings is 11. The summed E-state index contributed by atoms with van der Waals surface area (Å²) in [5.74, 6) is 0. The molecule has 0 aliphatic rings. The highest BCUT2D eigenvalue weighted by Gasteiger charge is 2.19. The summed E-state index contributed by atoms with van der Waals surface area (Å²) in [6.45, 7) is 0. The maximum Gasteiger partial charge on any atom is 0.143 e. The fourth-order valence-electron chi connectivity index (χ4n) is 10.3. The van der Waals surface area contributed by atoms with Crippen LogP contribution in [0, 0.1) is 0 Å². The van der Waals surface area contributed by atoms with Gasteiger partial charge in [0.2, 0.25) is 0 Å². The largest absolute Gasteiger partial charge is 0.455 e. The molecular weight excluding hydrogens is 837 g/mol. The number of hydrogen-bond donors (Lipinski definition) is 0. The van der Waals surface area contributed by atoms with Crippen LogP contribution in [0.5, 0.6) is 0 Å². The lowest BCUT2D eigenvalue weighted by Crippen LogP contribution is -2.09. The molecule has 2 heterocycles. The molecule has 0 N–H and O–H groups in total. The Kier molecular flexibility index (Phi) is 9.84. The minimum Gasteiger partial charge on any atom is -0.455 e. The van der Waals surface area contributed by atoms with Crippen LogP contribution in [-0.4, -0.2) is 4.57 Å². The summed E-state index contributed by atoms with van der Waals surface area (Å²) in [5, 5.41) is 4.76. The summed E-state index contributed by atoms with van der Waals surface area (Å²) < 4.78 is 8.88. The molecule has 0 fully saturated rings. The van der Waals surface area contributed by atoms with Crippen molar-refractivity contribution in [2.75, 3.05) is 4.90 Å². The number of anilines is 3. The lowest BCUT2D eigenvalue weighted by molar-refractivity contribution is 0.670.